The van der Waals surface area contributed by atoms with E-state index in [0.29, 0.717) is 23.1 Å². The van der Waals surface area contributed by atoms with Crippen molar-refractivity contribution >= 4 is 23.0 Å². The third-order valence-electron chi connectivity index (χ3n) is 3.92. The Kier molecular flexibility index (Phi) is 9.22. The minimum atomic E-state index is -0.562. The number of aryl methyl sites for hydroxylation is 1. The first kappa shape index (κ1) is 24.4. The van der Waals surface area contributed by atoms with Crippen LogP contribution in [-0.4, -0.2) is 45.3 Å². The van der Waals surface area contributed by atoms with E-state index in [0.717, 1.165) is 11.6 Å². The van der Waals surface area contributed by atoms with E-state index in [1.54, 1.807) is 18.2 Å². The summed E-state index contributed by atoms with van der Waals surface area (Å²) in [4.78, 5) is 24.1. The van der Waals surface area contributed by atoms with E-state index in [2.05, 4.69) is 16.8 Å². The van der Waals surface area contributed by atoms with E-state index in [4.69, 9.17) is 9.47 Å². The molecule has 3 aromatic rings. The Morgan fingerprint density at radius 3 is 2.30 bits per heavy atom. The predicted molar refractivity (Wildman–Crippen MR) is 114 cm³/mol. The van der Waals surface area contributed by atoms with Crippen LogP contribution in [0.25, 0.3) is 16.7 Å². The van der Waals surface area contributed by atoms with Gasteiger partial charge in [-0.25, -0.2) is 4.79 Å². The van der Waals surface area contributed by atoms with E-state index in [-0.39, 0.29) is 40.2 Å². The van der Waals surface area contributed by atoms with Gasteiger partial charge in [0.05, 0.1) is 0 Å². The summed E-state index contributed by atoms with van der Waals surface area (Å²) in [5.41, 5.74) is 2.68. The molecule has 0 aliphatic heterocycles. The standard InChI is InChI=1S/C20H19N3O5.2CH4/c1-2-19(25)27-11-12-28-20(26)10-8-14-7-9-18(24)17(13-14)23-21-15-5-3-4-6-16(15)22-23;;/h2-7,9,13,24H,1,8,10-12H2;2*1H4. The monoisotopic (exact) mass is 413 g/mol. The lowest BCUT2D eigenvalue weighted by atomic mass is 10.1. The van der Waals surface area contributed by atoms with Gasteiger partial charge in [0.15, 0.2) is 0 Å². The maximum atomic E-state index is 11.8. The molecule has 1 N–H and O–H groups in total. The van der Waals surface area contributed by atoms with Crippen LogP contribution in [0.5, 0.6) is 5.75 Å². The van der Waals surface area contributed by atoms with Crippen molar-refractivity contribution in [1.82, 2.24) is 15.0 Å². The van der Waals surface area contributed by atoms with Crippen LogP contribution in [0.15, 0.2) is 55.1 Å². The maximum Gasteiger partial charge on any atom is 0.330 e. The summed E-state index contributed by atoms with van der Waals surface area (Å²) < 4.78 is 9.74. The highest BCUT2D eigenvalue weighted by molar-refractivity contribution is 5.81. The number of rotatable bonds is 8. The highest BCUT2D eigenvalue weighted by Crippen LogP contribution is 2.23. The second kappa shape index (κ2) is 11.4. The van der Waals surface area contributed by atoms with Gasteiger partial charge in [0.1, 0.15) is 35.7 Å². The van der Waals surface area contributed by atoms with Crippen molar-refractivity contribution in [2.24, 2.45) is 0 Å². The van der Waals surface area contributed by atoms with Crippen LogP contribution >= 0.6 is 0 Å². The number of ether oxygens (including phenoxy) is 2. The molecule has 2 aromatic carbocycles. The van der Waals surface area contributed by atoms with E-state index in [1.165, 1.54) is 4.80 Å². The van der Waals surface area contributed by atoms with Crippen molar-refractivity contribution in [3.8, 4) is 11.4 Å². The summed E-state index contributed by atoms with van der Waals surface area (Å²) in [5, 5.41) is 18.9. The molecule has 0 aliphatic rings. The quantitative estimate of drug-likeness (QED) is 0.342. The van der Waals surface area contributed by atoms with Gasteiger partial charge in [-0.1, -0.05) is 39.6 Å². The molecule has 0 bridgehead atoms. The molecule has 0 unspecified atom stereocenters. The van der Waals surface area contributed by atoms with Crippen molar-refractivity contribution in [3.63, 3.8) is 0 Å². The van der Waals surface area contributed by atoms with Gasteiger partial charge in [-0.3, -0.25) is 4.79 Å². The summed E-state index contributed by atoms with van der Waals surface area (Å²) in [6.45, 7) is 3.25. The zero-order chi connectivity index (χ0) is 19.9. The van der Waals surface area contributed by atoms with Gasteiger partial charge < -0.3 is 14.6 Å². The van der Waals surface area contributed by atoms with Gasteiger partial charge in [0, 0.05) is 12.5 Å². The normalized spacial score (nSPS) is 9.87. The molecule has 0 atom stereocenters. The minimum absolute atomic E-state index is 0. The molecule has 0 saturated heterocycles. The molecule has 0 spiro atoms. The van der Waals surface area contributed by atoms with Gasteiger partial charge in [-0.2, -0.15) is 0 Å². The highest BCUT2D eigenvalue weighted by Gasteiger charge is 2.11. The zero-order valence-electron chi connectivity index (χ0n) is 15.1. The van der Waals surface area contributed by atoms with Gasteiger partial charge >= 0.3 is 11.9 Å². The molecule has 8 heteroatoms. The summed E-state index contributed by atoms with van der Waals surface area (Å²) in [7, 11) is 0. The van der Waals surface area contributed by atoms with Crippen LogP contribution in [-0.2, 0) is 25.5 Å². The number of carbonyl (C=O) groups excluding carboxylic acids is 2. The number of phenols is 1. The first-order chi connectivity index (χ1) is 13.6. The fraction of sp³-hybridized carbons (Fsp3) is 0.273. The van der Waals surface area contributed by atoms with Crippen LogP contribution in [0, 0.1) is 0 Å². The van der Waals surface area contributed by atoms with Crippen LogP contribution in [0.1, 0.15) is 26.8 Å². The molecule has 8 nitrogen and oxygen atoms in total. The average Bonchev–Trinajstić information content (AvgIpc) is 3.14. The van der Waals surface area contributed by atoms with Gasteiger partial charge in [0.25, 0.3) is 0 Å². The Balaban J connectivity index is 0.00000225. The van der Waals surface area contributed by atoms with E-state index in [9.17, 15) is 14.7 Å². The van der Waals surface area contributed by atoms with Crippen molar-refractivity contribution in [1.29, 1.82) is 0 Å². The SMILES string of the molecule is C.C.C=CC(=O)OCCOC(=O)CCc1ccc(O)c(-n2nc3ccccc3n2)c1. The molecule has 1 heterocycles. The van der Waals surface area contributed by atoms with Gasteiger partial charge in [-0.15, -0.1) is 15.0 Å². The predicted octanol–water partition coefficient (Wildman–Crippen LogP) is 3.60. The van der Waals surface area contributed by atoms with Crippen LogP contribution in [0.4, 0.5) is 0 Å². The molecule has 0 fully saturated rings. The Morgan fingerprint density at radius 2 is 1.67 bits per heavy atom. The number of esters is 2. The van der Waals surface area contributed by atoms with Crippen molar-refractivity contribution < 1.29 is 24.2 Å². The van der Waals surface area contributed by atoms with E-state index >= 15 is 0 Å². The molecule has 0 saturated carbocycles. The van der Waals surface area contributed by atoms with Crippen molar-refractivity contribution in [2.75, 3.05) is 13.2 Å². The Labute approximate surface area is 175 Å². The number of nitrogens with zero attached hydrogens (tertiary/aromatic N) is 3. The molecule has 160 valence electrons. The Bertz CT molecular complexity index is 980. The maximum absolute atomic E-state index is 11.8. The zero-order valence-corrected chi connectivity index (χ0v) is 15.1. The van der Waals surface area contributed by atoms with Crippen LogP contribution in [0.3, 0.4) is 0 Å². The Hall–Kier alpha value is -3.68. The van der Waals surface area contributed by atoms with Crippen LogP contribution < -0.4 is 0 Å². The molecule has 3 rings (SSSR count). The number of aromatic hydroxyl groups is 1. The number of fused-ring (bicyclic) bond motifs is 1. The summed E-state index contributed by atoms with van der Waals surface area (Å²) in [6.07, 6.45) is 1.61. The Morgan fingerprint density at radius 1 is 1.03 bits per heavy atom. The summed E-state index contributed by atoms with van der Waals surface area (Å²) in [5.74, 6) is -0.935. The first-order valence-corrected chi connectivity index (χ1v) is 8.66. The minimum Gasteiger partial charge on any atom is -0.506 e. The van der Waals surface area contributed by atoms with E-state index in [1.807, 2.05) is 24.3 Å². The smallest absolute Gasteiger partial charge is 0.330 e. The molecule has 0 radical (unpaired) electrons. The third kappa shape index (κ3) is 6.16. The van der Waals surface area contributed by atoms with Gasteiger partial charge in [-0.05, 0) is 36.2 Å². The molecule has 0 aliphatic carbocycles. The second-order valence-electron chi connectivity index (χ2n) is 5.89. The van der Waals surface area contributed by atoms with Gasteiger partial charge in [0.2, 0.25) is 0 Å². The molecule has 0 amide bonds. The number of benzene rings is 2. The average molecular weight is 413 g/mol. The second-order valence-corrected chi connectivity index (χ2v) is 5.89. The number of aromatic nitrogens is 3. The lowest BCUT2D eigenvalue weighted by molar-refractivity contribution is -0.149. The number of phenolic OH excluding ortho intramolecular Hbond substituents is 1. The topological polar surface area (TPSA) is 104 Å². The van der Waals surface area contributed by atoms with E-state index < -0.39 is 11.9 Å². The highest BCUT2D eigenvalue weighted by atomic mass is 16.6. The molecular weight excluding hydrogens is 386 g/mol. The largest absolute Gasteiger partial charge is 0.506 e. The van der Waals surface area contributed by atoms with Crippen molar-refractivity contribution in [2.45, 2.75) is 27.7 Å². The fourth-order valence-electron chi connectivity index (χ4n) is 2.53. The lowest BCUT2D eigenvalue weighted by Crippen LogP contribution is -2.13. The van der Waals surface area contributed by atoms with Crippen LogP contribution in [0.2, 0.25) is 0 Å². The van der Waals surface area contributed by atoms with Crippen molar-refractivity contribution in [3.05, 3.63) is 60.7 Å². The first-order valence-electron chi connectivity index (χ1n) is 8.66. The third-order valence-corrected chi connectivity index (χ3v) is 3.92. The molecule has 1 aromatic heterocycles. The molecular formula is C22H27N3O5. The summed E-state index contributed by atoms with van der Waals surface area (Å²) >= 11 is 0. The summed E-state index contributed by atoms with van der Waals surface area (Å²) in [6, 6.07) is 12.4. The number of hydrogen-bond donors (Lipinski definition) is 1. The number of carbonyl (C=O) groups is 2. The fourth-order valence-corrected chi connectivity index (χ4v) is 2.53. The lowest BCUT2D eigenvalue weighted by Gasteiger charge is -2.08. The number of hydrogen-bond acceptors (Lipinski definition) is 7. The molecule has 30 heavy (non-hydrogen) atoms.